The van der Waals surface area contributed by atoms with Crippen LogP contribution < -0.4 is 0 Å². The number of esters is 2. The van der Waals surface area contributed by atoms with Crippen molar-refractivity contribution in [1.82, 2.24) is 0 Å². The number of carboxylic acid groups (broad SMARTS) is 1. The van der Waals surface area contributed by atoms with Gasteiger partial charge in [0.2, 0.25) is 0 Å². The molecule has 0 saturated carbocycles. The van der Waals surface area contributed by atoms with E-state index in [1.165, 1.54) is 82.4 Å². The number of carbonyl (C=O) groups is 3. The maximum atomic E-state index is 12.5. The van der Waals surface area contributed by atoms with E-state index in [4.69, 9.17) is 9.47 Å². The Labute approximate surface area is 237 Å². The zero-order valence-electron chi connectivity index (χ0n) is 25.1. The molecule has 0 aliphatic rings. The van der Waals surface area contributed by atoms with E-state index in [0.29, 0.717) is 6.61 Å². The minimum absolute atomic E-state index is 0.0439. The van der Waals surface area contributed by atoms with Gasteiger partial charge in [-0.2, -0.15) is 0 Å². The van der Waals surface area contributed by atoms with Gasteiger partial charge in [0.25, 0.3) is 0 Å². The Bertz CT molecular complexity index is 829. The van der Waals surface area contributed by atoms with Crippen LogP contribution in [0.3, 0.4) is 0 Å². The summed E-state index contributed by atoms with van der Waals surface area (Å²) < 4.78 is 10.6. The SMILES string of the molecule is CC(C)CCCCCCCCCOC(=O)c1ccc(C(=O)OCCCCCCCCCC(C)C)c(C(=O)O)c1. The number of rotatable bonds is 23. The molecule has 0 fully saturated rings. The predicted molar refractivity (Wildman–Crippen MR) is 158 cm³/mol. The molecule has 6 nitrogen and oxygen atoms in total. The van der Waals surface area contributed by atoms with E-state index < -0.39 is 17.9 Å². The van der Waals surface area contributed by atoms with E-state index in [2.05, 4.69) is 27.7 Å². The van der Waals surface area contributed by atoms with E-state index in [9.17, 15) is 19.5 Å². The fraction of sp³-hybridized carbons (Fsp3) is 0.727. The van der Waals surface area contributed by atoms with Gasteiger partial charge < -0.3 is 14.6 Å². The first-order valence-electron chi connectivity index (χ1n) is 15.4. The smallest absolute Gasteiger partial charge is 0.339 e. The summed E-state index contributed by atoms with van der Waals surface area (Å²) in [7, 11) is 0. The molecule has 0 atom stereocenters. The summed E-state index contributed by atoms with van der Waals surface area (Å²) in [5.41, 5.74) is -0.159. The first-order valence-corrected chi connectivity index (χ1v) is 15.4. The monoisotopic (exact) mass is 546 g/mol. The molecule has 0 bridgehead atoms. The lowest BCUT2D eigenvalue weighted by Gasteiger charge is -2.10. The highest BCUT2D eigenvalue weighted by Gasteiger charge is 2.20. The number of carbonyl (C=O) groups excluding carboxylic acids is 2. The van der Waals surface area contributed by atoms with Gasteiger partial charge in [0.15, 0.2) is 0 Å². The summed E-state index contributed by atoms with van der Waals surface area (Å²) in [5, 5.41) is 9.60. The zero-order chi connectivity index (χ0) is 28.9. The van der Waals surface area contributed by atoms with E-state index in [1.807, 2.05) is 0 Å². The Morgan fingerprint density at radius 1 is 0.590 bits per heavy atom. The highest BCUT2D eigenvalue weighted by atomic mass is 16.5. The van der Waals surface area contributed by atoms with Crippen molar-refractivity contribution < 1.29 is 29.0 Å². The molecule has 6 heteroatoms. The molecule has 0 spiro atoms. The molecule has 39 heavy (non-hydrogen) atoms. The molecule has 0 aromatic heterocycles. The second-order valence-electron chi connectivity index (χ2n) is 11.7. The largest absolute Gasteiger partial charge is 0.478 e. The maximum Gasteiger partial charge on any atom is 0.339 e. The number of benzene rings is 1. The second-order valence-corrected chi connectivity index (χ2v) is 11.7. The number of aromatic carboxylic acids is 1. The third-order valence-electron chi connectivity index (χ3n) is 7.02. The van der Waals surface area contributed by atoms with E-state index >= 15 is 0 Å². The third-order valence-corrected chi connectivity index (χ3v) is 7.02. The Hall–Kier alpha value is -2.37. The fourth-order valence-electron chi connectivity index (χ4n) is 4.59. The van der Waals surface area contributed by atoms with Crippen LogP contribution in [0.1, 0.15) is 162 Å². The van der Waals surface area contributed by atoms with Crippen molar-refractivity contribution in [2.45, 2.75) is 130 Å². The Balaban J connectivity index is 2.31. The number of carboxylic acids is 1. The van der Waals surface area contributed by atoms with Gasteiger partial charge in [-0.3, -0.25) is 0 Å². The quantitative estimate of drug-likeness (QED) is 0.109. The lowest BCUT2D eigenvalue weighted by Crippen LogP contribution is -2.15. The normalized spacial score (nSPS) is 11.2. The van der Waals surface area contributed by atoms with Gasteiger partial charge in [0.05, 0.1) is 29.9 Å². The Kier molecular flexibility index (Phi) is 19.1. The molecule has 1 rings (SSSR count). The molecule has 0 aliphatic heterocycles. The number of hydrogen-bond acceptors (Lipinski definition) is 5. The van der Waals surface area contributed by atoms with Crippen LogP contribution >= 0.6 is 0 Å². The summed E-state index contributed by atoms with van der Waals surface area (Å²) in [6.07, 6.45) is 18.3. The van der Waals surface area contributed by atoms with E-state index in [-0.39, 0.29) is 23.3 Å². The van der Waals surface area contributed by atoms with Gasteiger partial charge in [-0.15, -0.1) is 0 Å². The minimum atomic E-state index is -1.28. The summed E-state index contributed by atoms with van der Waals surface area (Å²) in [6, 6.07) is 3.98. The Morgan fingerprint density at radius 3 is 1.44 bits per heavy atom. The molecule has 1 aromatic rings. The van der Waals surface area contributed by atoms with Crippen molar-refractivity contribution in [2.75, 3.05) is 13.2 Å². The van der Waals surface area contributed by atoms with Crippen LogP contribution in [0.25, 0.3) is 0 Å². The summed E-state index contributed by atoms with van der Waals surface area (Å²) >= 11 is 0. The standard InChI is InChI=1S/C33H54O6/c1-26(2)19-15-11-7-5-9-13-17-23-38-32(36)28-21-22-29(30(25-28)31(34)35)33(37)39-24-18-14-10-6-8-12-16-20-27(3)4/h21-22,25-27H,5-20,23-24H2,1-4H3,(H,34,35). The molecular formula is C33H54O6. The maximum absolute atomic E-state index is 12.5. The van der Waals surface area contributed by atoms with Crippen molar-refractivity contribution in [3.05, 3.63) is 34.9 Å². The number of hydrogen-bond donors (Lipinski definition) is 1. The van der Waals surface area contributed by atoms with Crippen LogP contribution in [0.4, 0.5) is 0 Å². The van der Waals surface area contributed by atoms with Gasteiger partial charge >= 0.3 is 17.9 Å². The highest BCUT2D eigenvalue weighted by Crippen LogP contribution is 2.17. The van der Waals surface area contributed by atoms with Crippen molar-refractivity contribution in [3.8, 4) is 0 Å². The second kappa shape index (κ2) is 21.5. The van der Waals surface area contributed by atoms with Gasteiger partial charge in [0.1, 0.15) is 0 Å². The van der Waals surface area contributed by atoms with Crippen LogP contribution in [0.2, 0.25) is 0 Å². The molecule has 0 saturated heterocycles. The summed E-state index contributed by atoms with van der Waals surface area (Å²) in [5.74, 6) is -0.983. The van der Waals surface area contributed by atoms with Crippen LogP contribution in [0.5, 0.6) is 0 Å². The van der Waals surface area contributed by atoms with E-state index in [0.717, 1.165) is 50.4 Å². The van der Waals surface area contributed by atoms with Gasteiger partial charge in [-0.05, 0) is 42.9 Å². The van der Waals surface area contributed by atoms with Crippen molar-refractivity contribution >= 4 is 17.9 Å². The van der Waals surface area contributed by atoms with Crippen LogP contribution in [0.15, 0.2) is 18.2 Å². The number of ether oxygens (including phenoxy) is 2. The predicted octanol–water partition coefficient (Wildman–Crippen LogP) is 9.25. The first kappa shape index (κ1) is 34.7. The topological polar surface area (TPSA) is 89.9 Å². The molecule has 0 aliphatic carbocycles. The fourth-order valence-corrected chi connectivity index (χ4v) is 4.59. The van der Waals surface area contributed by atoms with Gasteiger partial charge in [0, 0.05) is 0 Å². The lowest BCUT2D eigenvalue weighted by atomic mass is 10.0. The highest BCUT2D eigenvalue weighted by molar-refractivity contribution is 6.04. The molecule has 1 aromatic carbocycles. The van der Waals surface area contributed by atoms with Crippen LogP contribution in [-0.4, -0.2) is 36.2 Å². The average molecular weight is 547 g/mol. The van der Waals surface area contributed by atoms with Gasteiger partial charge in [-0.25, -0.2) is 14.4 Å². The molecular weight excluding hydrogens is 492 g/mol. The molecule has 0 heterocycles. The van der Waals surface area contributed by atoms with Gasteiger partial charge in [-0.1, -0.05) is 118 Å². The van der Waals surface area contributed by atoms with Crippen molar-refractivity contribution in [1.29, 1.82) is 0 Å². The summed E-state index contributed by atoms with van der Waals surface area (Å²) in [4.78, 5) is 36.7. The molecule has 222 valence electrons. The van der Waals surface area contributed by atoms with Crippen molar-refractivity contribution in [3.63, 3.8) is 0 Å². The molecule has 0 unspecified atom stereocenters. The van der Waals surface area contributed by atoms with Crippen molar-refractivity contribution in [2.24, 2.45) is 11.8 Å². The van der Waals surface area contributed by atoms with E-state index in [1.54, 1.807) is 0 Å². The summed E-state index contributed by atoms with van der Waals surface area (Å²) in [6.45, 7) is 9.58. The Morgan fingerprint density at radius 2 is 1.00 bits per heavy atom. The minimum Gasteiger partial charge on any atom is -0.478 e. The lowest BCUT2D eigenvalue weighted by molar-refractivity contribution is 0.0477. The average Bonchev–Trinajstić information content (AvgIpc) is 2.89. The van der Waals surface area contributed by atoms with Crippen LogP contribution in [0, 0.1) is 11.8 Å². The first-order chi connectivity index (χ1) is 18.7. The van der Waals surface area contributed by atoms with Crippen LogP contribution in [-0.2, 0) is 9.47 Å². The molecule has 1 N–H and O–H groups in total. The third kappa shape index (κ3) is 17.0. The molecule has 0 amide bonds. The zero-order valence-corrected chi connectivity index (χ0v) is 25.1. The molecule has 0 radical (unpaired) electrons. The number of unbranched alkanes of at least 4 members (excludes halogenated alkanes) is 12.